The number of hydrogen-bond donors (Lipinski definition) is 1. The number of unbranched alkanes of at least 4 members (excludes halogenated alkanes) is 1. The van der Waals surface area contributed by atoms with Crippen LogP contribution in [0.2, 0.25) is 0 Å². The molecule has 0 spiro atoms. The molecule has 104 valence electrons. The summed E-state index contributed by atoms with van der Waals surface area (Å²) in [7, 11) is 0. The summed E-state index contributed by atoms with van der Waals surface area (Å²) in [6, 6.07) is 4.21. The number of rotatable bonds is 7. The van der Waals surface area contributed by atoms with Crippen molar-refractivity contribution in [3.8, 4) is 6.07 Å². The molecule has 0 aliphatic heterocycles. The van der Waals surface area contributed by atoms with Crippen molar-refractivity contribution in [1.29, 1.82) is 5.26 Å². The van der Waals surface area contributed by atoms with Crippen molar-refractivity contribution in [2.24, 2.45) is 5.92 Å². The van der Waals surface area contributed by atoms with Crippen LogP contribution in [0.3, 0.4) is 0 Å². The van der Waals surface area contributed by atoms with Crippen molar-refractivity contribution in [1.82, 2.24) is 4.98 Å². The summed E-state index contributed by atoms with van der Waals surface area (Å²) in [5.74, 6) is 1.41. The van der Waals surface area contributed by atoms with E-state index < -0.39 is 0 Å². The van der Waals surface area contributed by atoms with Gasteiger partial charge in [-0.2, -0.15) is 5.26 Å². The second-order valence-electron chi connectivity index (χ2n) is 5.21. The Balaban J connectivity index is 2.74. The molecule has 1 heterocycles. The molecule has 0 aromatic carbocycles. The molecule has 0 saturated heterocycles. The highest BCUT2D eigenvalue weighted by atomic mass is 15.0. The molecule has 0 saturated carbocycles. The summed E-state index contributed by atoms with van der Waals surface area (Å²) in [5.41, 5.74) is 2.63. The van der Waals surface area contributed by atoms with Gasteiger partial charge in [0.1, 0.15) is 11.9 Å². The smallest absolute Gasteiger partial charge is 0.144 e. The third-order valence-corrected chi connectivity index (χ3v) is 3.56. The monoisotopic (exact) mass is 259 g/mol. The van der Waals surface area contributed by atoms with Crippen molar-refractivity contribution >= 4 is 5.82 Å². The van der Waals surface area contributed by atoms with Crippen LogP contribution in [0.15, 0.2) is 6.07 Å². The molecule has 1 unspecified atom stereocenters. The Bertz CT molecular complexity index is 446. The quantitative estimate of drug-likeness (QED) is 0.798. The van der Waals surface area contributed by atoms with Crippen LogP contribution in [0, 0.1) is 31.1 Å². The van der Waals surface area contributed by atoms with Crippen LogP contribution in [0.5, 0.6) is 0 Å². The summed E-state index contributed by atoms with van der Waals surface area (Å²) in [4.78, 5) is 4.46. The number of hydrogen-bond acceptors (Lipinski definition) is 3. The molecule has 3 heteroatoms. The molecular weight excluding hydrogens is 234 g/mol. The number of pyridine rings is 1. The molecule has 19 heavy (non-hydrogen) atoms. The molecule has 0 radical (unpaired) electrons. The lowest BCUT2D eigenvalue weighted by Gasteiger charge is -2.17. The normalized spacial score (nSPS) is 11.9. The fourth-order valence-corrected chi connectivity index (χ4v) is 2.29. The second-order valence-corrected chi connectivity index (χ2v) is 5.21. The standard InChI is InChI=1S/C16H25N3/c1-5-7-8-14(6-2)11-18-16-15(10-17)12(3)9-13(4)19-16/h9,14H,5-8,11H2,1-4H3,(H,18,19). The minimum Gasteiger partial charge on any atom is -0.369 e. The number of aromatic nitrogens is 1. The number of nitrogens with zero attached hydrogens (tertiary/aromatic N) is 2. The summed E-state index contributed by atoms with van der Waals surface area (Å²) < 4.78 is 0. The first-order valence-corrected chi connectivity index (χ1v) is 7.24. The predicted octanol–water partition coefficient (Wildman–Crippen LogP) is 4.20. The molecule has 0 amide bonds. The van der Waals surface area contributed by atoms with E-state index in [1.807, 2.05) is 19.9 Å². The first-order valence-electron chi connectivity index (χ1n) is 7.24. The van der Waals surface area contributed by atoms with Crippen LogP contribution in [-0.2, 0) is 0 Å². The number of nitrogens with one attached hydrogen (secondary N) is 1. The van der Waals surface area contributed by atoms with Gasteiger partial charge in [0, 0.05) is 12.2 Å². The largest absolute Gasteiger partial charge is 0.369 e. The number of aryl methyl sites for hydroxylation is 2. The highest BCUT2D eigenvalue weighted by Crippen LogP contribution is 2.19. The summed E-state index contributed by atoms with van der Waals surface area (Å²) in [5, 5.41) is 12.6. The summed E-state index contributed by atoms with van der Waals surface area (Å²) >= 11 is 0. The van der Waals surface area contributed by atoms with E-state index in [0.29, 0.717) is 11.5 Å². The van der Waals surface area contributed by atoms with Gasteiger partial charge in [0.15, 0.2) is 0 Å². The Labute approximate surface area is 117 Å². The summed E-state index contributed by atoms with van der Waals surface area (Å²) in [6.45, 7) is 9.28. The Kier molecular flexibility index (Phi) is 6.35. The summed E-state index contributed by atoms with van der Waals surface area (Å²) in [6.07, 6.45) is 4.92. The van der Waals surface area contributed by atoms with Gasteiger partial charge < -0.3 is 5.32 Å². The van der Waals surface area contributed by atoms with Crippen LogP contribution in [0.1, 0.15) is 56.4 Å². The Morgan fingerprint density at radius 2 is 2.11 bits per heavy atom. The molecular formula is C16H25N3. The van der Waals surface area contributed by atoms with E-state index in [4.69, 9.17) is 0 Å². The molecule has 0 aliphatic rings. The van der Waals surface area contributed by atoms with Gasteiger partial charge in [0.25, 0.3) is 0 Å². The lowest BCUT2D eigenvalue weighted by molar-refractivity contribution is 0.472. The first kappa shape index (κ1) is 15.5. The van der Waals surface area contributed by atoms with Gasteiger partial charge in [-0.05, 0) is 37.8 Å². The topological polar surface area (TPSA) is 48.7 Å². The van der Waals surface area contributed by atoms with Gasteiger partial charge >= 0.3 is 0 Å². The maximum atomic E-state index is 9.22. The molecule has 1 rings (SSSR count). The molecule has 0 fully saturated rings. The number of anilines is 1. The molecule has 1 N–H and O–H groups in total. The van der Waals surface area contributed by atoms with Gasteiger partial charge in [-0.3, -0.25) is 0 Å². The van der Waals surface area contributed by atoms with Crippen molar-refractivity contribution in [2.75, 3.05) is 11.9 Å². The van der Waals surface area contributed by atoms with Crippen molar-refractivity contribution in [3.05, 3.63) is 22.9 Å². The lowest BCUT2D eigenvalue weighted by atomic mass is 9.99. The fourth-order valence-electron chi connectivity index (χ4n) is 2.29. The minimum absolute atomic E-state index is 0.661. The molecule has 1 atom stereocenters. The maximum absolute atomic E-state index is 9.22. The average Bonchev–Trinajstić information content (AvgIpc) is 2.38. The van der Waals surface area contributed by atoms with Gasteiger partial charge in [0.2, 0.25) is 0 Å². The SMILES string of the molecule is CCCCC(CC)CNc1nc(C)cc(C)c1C#N. The zero-order valence-electron chi connectivity index (χ0n) is 12.6. The zero-order valence-corrected chi connectivity index (χ0v) is 12.6. The Morgan fingerprint density at radius 1 is 1.37 bits per heavy atom. The highest BCUT2D eigenvalue weighted by Gasteiger charge is 2.11. The van der Waals surface area contributed by atoms with Crippen molar-refractivity contribution < 1.29 is 0 Å². The maximum Gasteiger partial charge on any atom is 0.144 e. The third-order valence-electron chi connectivity index (χ3n) is 3.56. The Morgan fingerprint density at radius 3 is 2.68 bits per heavy atom. The van der Waals surface area contributed by atoms with Gasteiger partial charge in [0.05, 0.1) is 5.56 Å². The van der Waals surface area contributed by atoms with E-state index in [-0.39, 0.29) is 0 Å². The van der Waals surface area contributed by atoms with Gasteiger partial charge in [-0.15, -0.1) is 0 Å². The Hall–Kier alpha value is -1.56. The van der Waals surface area contributed by atoms with Crippen molar-refractivity contribution in [2.45, 2.75) is 53.4 Å². The highest BCUT2D eigenvalue weighted by molar-refractivity contribution is 5.56. The van der Waals surface area contributed by atoms with E-state index in [0.717, 1.165) is 23.6 Å². The first-order chi connectivity index (χ1) is 9.12. The number of nitriles is 1. The van der Waals surface area contributed by atoms with E-state index in [9.17, 15) is 5.26 Å². The molecule has 1 aromatic heterocycles. The fraction of sp³-hybridized carbons (Fsp3) is 0.625. The van der Waals surface area contributed by atoms with E-state index in [1.54, 1.807) is 0 Å². The van der Waals surface area contributed by atoms with Crippen LogP contribution >= 0.6 is 0 Å². The molecule has 0 aliphatic carbocycles. The lowest BCUT2D eigenvalue weighted by Crippen LogP contribution is -2.16. The molecule has 1 aromatic rings. The van der Waals surface area contributed by atoms with E-state index in [1.165, 1.54) is 25.7 Å². The third kappa shape index (κ3) is 4.55. The molecule has 0 bridgehead atoms. The van der Waals surface area contributed by atoms with Crippen LogP contribution in [0.25, 0.3) is 0 Å². The van der Waals surface area contributed by atoms with Crippen molar-refractivity contribution in [3.63, 3.8) is 0 Å². The van der Waals surface area contributed by atoms with E-state index >= 15 is 0 Å². The minimum atomic E-state index is 0.661. The van der Waals surface area contributed by atoms with Gasteiger partial charge in [-0.1, -0.05) is 33.1 Å². The second kappa shape index (κ2) is 7.78. The average molecular weight is 259 g/mol. The van der Waals surface area contributed by atoms with Gasteiger partial charge in [-0.25, -0.2) is 4.98 Å². The molecule has 3 nitrogen and oxygen atoms in total. The zero-order chi connectivity index (χ0) is 14.3. The van der Waals surface area contributed by atoms with Crippen LogP contribution < -0.4 is 5.32 Å². The van der Waals surface area contributed by atoms with Crippen LogP contribution in [0.4, 0.5) is 5.82 Å². The predicted molar refractivity (Wildman–Crippen MR) is 80.2 cm³/mol. The van der Waals surface area contributed by atoms with E-state index in [2.05, 4.69) is 30.2 Å². The van der Waals surface area contributed by atoms with Crippen LogP contribution in [-0.4, -0.2) is 11.5 Å².